The van der Waals surface area contributed by atoms with Gasteiger partial charge >= 0.3 is 0 Å². The van der Waals surface area contributed by atoms with E-state index in [1.165, 1.54) is 0 Å². The fraction of sp³-hybridized carbons (Fsp3) is 0. The van der Waals surface area contributed by atoms with Gasteiger partial charge < -0.3 is 10.9 Å². The Labute approximate surface area is 100 Å². The quantitative estimate of drug-likeness (QED) is 0.381. The summed E-state index contributed by atoms with van der Waals surface area (Å²) in [7, 11) is 0. The highest BCUT2D eigenvalue weighted by atomic mass is 79.9. The molecule has 0 unspecified atom stereocenters. The highest BCUT2D eigenvalue weighted by Crippen LogP contribution is 2.19. The number of aromatic nitrogens is 2. The number of nitrogens with two attached hydrogens (primary N) is 1. The molecule has 1 heterocycles. The molecule has 0 saturated heterocycles. The second-order valence-corrected chi connectivity index (χ2v) is 4.01. The molecule has 0 amide bonds. The SMILES string of the molecule is N/C(=N/O)c1cc(Br)ccc1-n1cccn1. The summed E-state index contributed by atoms with van der Waals surface area (Å²) < 4.78 is 2.50. The first-order valence-electron chi connectivity index (χ1n) is 4.50. The molecular weight excluding hydrogens is 272 g/mol. The first-order valence-corrected chi connectivity index (χ1v) is 5.29. The van der Waals surface area contributed by atoms with Crippen LogP contribution in [0.2, 0.25) is 0 Å². The smallest absolute Gasteiger partial charge is 0.172 e. The lowest BCUT2D eigenvalue weighted by atomic mass is 10.1. The molecule has 82 valence electrons. The summed E-state index contributed by atoms with van der Waals surface area (Å²) in [5.41, 5.74) is 6.97. The van der Waals surface area contributed by atoms with Crippen LogP contribution in [0, 0.1) is 0 Å². The minimum Gasteiger partial charge on any atom is -0.409 e. The molecule has 0 bridgehead atoms. The molecule has 2 aromatic rings. The molecule has 3 N–H and O–H groups in total. The molecule has 6 heteroatoms. The van der Waals surface area contributed by atoms with Crippen LogP contribution < -0.4 is 5.73 Å². The Morgan fingerprint density at radius 3 is 2.94 bits per heavy atom. The minimum atomic E-state index is 0.0480. The molecular formula is C10H9BrN4O. The van der Waals surface area contributed by atoms with E-state index in [-0.39, 0.29) is 5.84 Å². The van der Waals surface area contributed by atoms with E-state index in [0.29, 0.717) is 5.56 Å². The fourth-order valence-electron chi connectivity index (χ4n) is 1.38. The van der Waals surface area contributed by atoms with Crippen LogP contribution in [0.1, 0.15) is 5.56 Å². The number of amidine groups is 1. The van der Waals surface area contributed by atoms with Crippen molar-refractivity contribution in [2.75, 3.05) is 0 Å². The van der Waals surface area contributed by atoms with Gasteiger partial charge in [-0.2, -0.15) is 5.10 Å². The first kappa shape index (κ1) is 10.7. The number of oxime groups is 1. The predicted molar refractivity (Wildman–Crippen MR) is 63.8 cm³/mol. The number of rotatable bonds is 2. The number of hydrogen-bond donors (Lipinski definition) is 2. The van der Waals surface area contributed by atoms with Crippen molar-refractivity contribution in [3.05, 3.63) is 46.7 Å². The van der Waals surface area contributed by atoms with Crippen LogP contribution in [-0.2, 0) is 0 Å². The van der Waals surface area contributed by atoms with E-state index in [1.807, 2.05) is 12.1 Å². The van der Waals surface area contributed by atoms with Crippen LogP contribution in [0.25, 0.3) is 5.69 Å². The zero-order valence-corrected chi connectivity index (χ0v) is 9.79. The number of hydrogen-bond acceptors (Lipinski definition) is 3. The second-order valence-electron chi connectivity index (χ2n) is 3.10. The molecule has 0 spiro atoms. The van der Waals surface area contributed by atoms with Gasteiger partial charge in [0.05, 0.1) is 5.69 Å². The van der Waals surface area contributed by atoms with E-state index >= 15 is 0 Å². The lowest BCUT2D eigenvalue weighted by Crippen LogP contribution is -2.16. The third kappa shape index (κ3) is 1.92. The van der Waals surface area contributed by atoms with Crippen molar-refractivity contribution in [2.24, 2.45) is 10.9 Å². The molecule has 0 saturated carbocycles. The van der Waals surface area contributed by atoms with Gasteiger partial charge in [-0.05, 0) is 24.3 Å². The molecule has 2 rings (SSSR count). The van der Waals surface area contributed by atoms with Crippen molar-refractivity contribution in [2.45, 2.75) is 0 Å². The van der Waals surface area contributed by atoms with Crippen LogP contribution in [0.5, 0.6) is 0 Å². The van der Waals surface area contributed by atoms with Crippen LogP contribution in [0.4, 0.5) is 0 Å². The second kappa shape index (κ2) is 4.36. The Kier molecular flexibility index (Phi) is 2.91. The van der Waals surface area contributed by atoms with Crippen LogP contribution >= 0.6 is 15.9 Å². The Morgan fingerprint density at radius 1 is 1.50 bits per heavy atom. The maximum absolute atomic E-state index is 8.72. The average molecular weight is 281 g/mol. The van der Waals surface area contributed by atoms with Gasteiger partial charge in [0, 0.05) is 22.4 Å². The van der Waals surface area contributed by atoms with Crippen LogP contribution in [0.3, 0.4) is 0 Å². The maximum Gasteiger partial charge on any atom is 0.172 e. The lowest BCUT2D eigenvalue weighted by Gasteiger charge is -2.08. The summed E-state index contributed by atoms with van der Waals surface area (Å²) >= 11 is 3.34. The summed E-state index contributed by atoms with van der Waals surface area (Å²) in [6.07, 6.45) is 3.45. The van der Waals surface area contributed by atoms with E-state index in [4.69, 9.17) is 10.9 Å². The summed E-state index contributed by atoms with van der Waals surface area (Å²) in [4.78, 5) is 0. The number of halogens is 1. The molecule has 0 aliphatic carbocycles. The molecule has 0 aliphatic rings. The monoisotopic (exact) mass is 280 g/mol. The third-order valence-corrected chi connectivity index (χ3v) is 2.59. The number of benzene rings is 1. The van der Waals surface area contributed by atoms with E-state index in [9.17, 15) is 0 Å². The Hall–Kier alpha value is -1.82. The van der Waals surface area contributed by atoms with Crippen LogP contribution in [0.15, 0.2) is 46.3 Å². The van der Waals surface area contributed by atoms with Gasteiger partial charge in [0.1, 0.15) is 0 Å². The van der Waals surface area contributed by atoms with Crippen molar-refractivity contribution in [3.8, 4) is 5.69 Å². The molecule has 0 aliphatic heterocycles. The third-order valence-electron chi connectivity index (χ3n) is 2.09. The van der Waals surface area contributed by atoms with Gasteiger partial charge in [0.25, 0.3) is 0 Å². The molecule has 0 radical (unpaired) electrons. The summed E-state index contributed by atoms with van der Waals surface area (Å²) in [6, 6.07) is 7.28. The van der Waals surface area contributed by atoms with Crippen molar-refractivity contribution >= 4 is 21.8 Å². The highest BCUT2D eigenvalue weighted by Gasteiger charge is 2.09. The molecule has 1 aromatic heterocycles. The minimum absolute atomic E-state index is 0.0480. The summed E-state index contributed by atoms with van der Waals surface area (Å²) in [5.74, 6) is 0.0480. The Bertz CT molecular complexity index is 522. The topological polar surface area (TPSA) is 76.4 Å². The largest absolute Gasteiger partial charge is 0.409 e. The van der Waals surface area contributed by atoms with Gasteiger partial charge in [-0.15, -0.1) is 0 Å². The Balaban J connectivity index is 2.62. The van der Waals surface area contributed by atoms with Gasteiger partial charge in [0.15, 0.2) is 5.84 Å². The summed E-state index contributed by atoms with van der Waals surface area (Å²) in [6.45, 7) is 0. The Morgan fingerprint density at radius 2 is 2.31 bits per heavy atom. The van der Waals surface area contributed by atoms with E-state index in [1.54, 1.807) is 29.2 Å². The normalized spacial score (nSPS) is 11.7. The lowest BCUT2D eigenvalue weighted by molar-refractivity contribution is 0.318. The average Bonchev–Trinajstić information content (AvgIpc) is 2.81. The van der Waals surface area contributed by atoms with E-state index < -0.39 is 0 Å². The first-order chi connectivity index (χ1) is 7.72. The molecule has 0 atom stereocenters. The molecule has 5 nitrogen and oxygen atoms in total. The van der Waals surface area contributed by atoms with E-state index in [0.717, 1.165) is 10.2 Å². The molecule has 16 heavy (non-hydrogen) atoms. The summed E-state index contributed by atoms with van der Waals surface area (Å²) in [5, 5.41) is 15.8. The van der Waals surface area contributed by atoms with Crippen molar-refractivity contribution < 1.29 is 5.21 Å². The van der Waals surface area contributed by atoms with Gasteiger partial charge in [-0.3, -0.25) is 0 Å². The van der Waals surface area contributed by atoms with Crippen molar-refractivity contribution in [1.82, 2.24) is 9.78 Å². The molecule has 0 fully saturated rings. The fourth-order valence-corrected chi connectivity index (χ4v) is 1.74. The zero-order valence-electron chi connectivity index (χ0n) is 8.21. The van der Waals surface area contributed by atoms with Gasteiger partial charge in [-0.1, -0.05) is 21.1 Å². The predicted octanol–water partition coefficient (Wildman–Crippen LogP) is 1.73. The van der Waals surface area contributed by atoms with Crippen LogP contribution in [-0.4, -0.2) is 20.8 Å². The van der Waals surface area contributed by atoms with Crippen molar-refractivity contribution in [3.63, 3.8) is 0 Å². The van der Waals surface area contributed by atoms with Gasteiger partial charge in [0.2, 0.25) is 0 Å². The number of nitrogens with zero attached hydrogens (tertiary/aromatic N) is 3. The van der Waals surface area contributed by atoms with Crippen molar-refractivity contribution in [1.29, 1.82) is 0 Å². The van der Waals surface area contributed by atoms with E-state index in [2.05, 4.69) is 26.2 Å². The highest BCUT2D eigenvalue weighted by molar-refractivity contribution is 9.10. The molecule has 1 aromatic carbocycles. The maximum atomic E-state index is 8.72. The standard InChI is InChI=1S/C10H9BrN4O/c11-7-2-3-9(15-5-1-4-13-15)8(6-7)10(12)14-16/h1-6,16H,(H2,12,14). The van der Waals surface area contributed by atoms with Gasteiger partial charge in [-0.25, -0.2) is 4.68 Å². The zero-order chi connectivity index (χ0) is 11.5.